The Bertz CT molecular complexity index is 628. The Hall–Kier alpha value is -2.37. The lowest BCUT2D eigenvalue weighted by molar-refractivity contribution is 0.475. The minimum Gasteiger partial charge on any atom is -0.508 e. The van der Waals surface area contributed by atoms with E-state index in [4.69, 9.17) is 11.5 Å². The summed E-state index contributed by atoms with van der Waals surface area (Å²) < 4.78 is 14.1. The van der Waals surface area contributed by atoms with Crippen LogP contribution in [0.15, 0.2) is 18.2 Å². The Morgan fingerprint density at radius 3 is 2.53 bits per heavy atom. The van der Waals surface area contributed by atoms with Crippen LogP contribution in [0.2, 0.25) is 0 Å². The van der Waals surface area contributed by atoms with Crippen molar-refractivity contribution >= 4 is 11.8 Å². The van der Waals surface area contributed by atoms with E-state index in [1.54, 1.807) is 12.1 Å². The third kappa shape index (κ3) is 2.42. The number of benzene rings is 1. The van der Waals surface area contributed by atoms with E-state index < -0.39 is 5.82 Å². The highest BCUT2D eigenvalue weighted by molar-refractivity contribution is 5.70. The zero-order valence-electron chi connectivity index (χ0n) is 10.7. The molecule has 0 spiro atoms. The summed E-state index contributed by atoms with van der Waals surface area (Å²) in [6.07, 6.45) is 0. The van der Waals surface area contributed by atoms with Crippen molar-refractivity contribution < 1.29 is 9.50 Å². The molecule has 0 bridgehead atoms. The van der Waals surface area contributed by atoms with E-state index >= 15 is 0 Å². The van der Waals surface area contributed by atoms with Gasteiger partial charge in [0.1, 0.15) is 11.4 Å². The highest BCUT2D eigenvalue weighted by Crippen LogP contribution is 2.33. The van der Waals surface area contributed by atoms with E-state index in [0.717, 1.165) is 5.56 Å². The number of aromatic nitrogens is 2. The van der Waals surface area contributed by atoms with Crippen molar-refractivity contribution in [1.29, 1.82) is 0 Å². The fourth-order valence-corrected chi connectivity index (χ4v) is 1.91. The summed E-state index contributed by atoms with van der Waals surface area (Å²) in [6.45, 7) is 3.92. The Labute approximate surface area is 110 Å². The van der Waals surface area contributed by atoms with Gasteiger partial charge in [-0.05, 0) is 23.6 Å². The number of hydrogen-bond acceptors (Lipinski definition) is 5. The quantitative estimate of drug-likeness (QED) is 0.771. The topological polar surface area (TPSA) is 98.0 Å². The molecule has 6 heteroatoms. The maximum Gasteiger partial charge on any atom is 0.222 e. The first-order chi connectivity index (χ1) is 8.90. The molecule has 100 valence electrons. The molecule has 0 atom stereocenters. The van der Waals surface area contributed by atoms with Gasteiger partial charge in [0.15, 0.2) is 11.6 Å². The fraction of sp³-hybridized carbons (Fsp3) is 0.231. The normalized spacial score (nSPS) is 10.9. The number of aromatic hydroxyl groups is 1. The average Bonchev–Trinajstić information content (AvgIpc) is 2.33. The SMILES string of the molecule is CC(C)c1ccc(O)cc1-c1nc(N)nc(N)c1F. The van der Waals surface area contributed by atoms with Gasteiger partial charge in [-0.15, -0.1) is 0 Å². The van der Waals surface area contributed by atoms with Crippen LogP contribution in [0.4, 0.5) is 16.2 Å². The summed E-state index contributed by atoms with van der Waals surface area (Å²) in [4.78, 5) is 7.45. The zero-order chi connectivity index (χ0) is 14.2. The molecule has 0 aliphatic carbocycles. The lowest BCUT2D eigenvalue weighted by Gasteiger charge is -2.14. The lowest BCUT2D eigenvalue weighted by atomic mass is 9.94. The number of phenolic OH excluding ortho intramolecular Hbond substituents is 1. The molecule has 1 aromatic heterocycles. The van der Waals surface area contributed by atoms with E-state index in [9.17, 15) is 9.50 Å². The molecule has 0 unspecified atom stereocenters. The molecule has 0 fully saturated rings. The van der Waals surface area contributed by atoms with Crippen molar-refractivity contribution in [1.82, 2.24) is 9.97 Å². The van der Waals surface area contributed by atoms with Gasteiger partial charge in [0.2, 0.25) is 5.95 Å². The third-order valence-corrected chi connectivity index (χ3v) is 2.81. The molecule has 5 N–H and O–H groups in total. The molecule has 0 aliphatic heterocycles. The van der Waals surface area contributed by atoms with Crippen LogP contribution in [0.1, 0.15) is 25.3 Å². The average molecular weight is 262 g/mol. The number of hydrogen-bond donors (Lipinski definition) is 3. The molecule has 2 rings (SSSR count). The van der Waals surface area contributed by atoms with Gasteiger partial charge in [0, 0.05) is 5.56 Å². The number of rotatable bonds is 2. The maximum atomic E-state index is 14.1. The van der Waals surface area contributed by atoms with Crippen LogP contribution in [0.3, 0.4) is 0 Å². The second-order valence-electron chi connectivity index (χ2n) is 4.56. The summed E-state index contributed by atoms with van der Waals surface area (Å²) in [7, 11) is 0. The van der Waals surface area contributed by atoms with Crippen LogP contribution in [-0.4, -0.2) is 15.1 Å². The summed E-state index contributed by atoms with van der Waals surface area (Å²) in [6, 6.07) is 4.72. The second-order valence-corrected chi connectivity index (χ2v) is 4.56. The molecule has 0 amide bonds. The predicted molar refractivity (Wildman–Crippen MR) is 72.0 cm³/mol. The van der Waals surface area contributed by atoms with Crippen LogP contribution in [-0.2, 0) is 0 Å². The predicted octanol–water partition coefficient (Wildman–Crippen LogP) is 2.28. The van der Waals surface area contributed by atoms with E-state index in [0.29, 0.717) is 5.56 Å². The molecule has 19 heavy (non-hydrogen) atoms. The minimum atomic E-state index is -0.735. The summed E-state index contributed by atoms with van der Waals surface area (Å²) >= 11 is 0. The molecule has 2 aromatic rings. The Morgan fingerprint density at radius 1 is 1.21 bits per heavy atom. The molecule has 0 radical (unpaired) electrons. The van der Waals surface area contributed by atoms with Gasteiger partial charge in [-0.25, -0.2) is 9.37 Å². The van der Waals surface area contributed by atoms with Gasteiger partial charge in [-0.2, -0.15) is 4.98 Å². The van der Waals surface area contributed by atoms with Gasteiger partial charge in [-0.3, -0.25) is 0 Å². The molecular weight excluding hydrogens is 247 g/mol. The van der Waals surface area contributed by atoms with Crippen molar-refractivity contribution in [3.63, 3.8) is 0 Å². The monoisotopic (exact) mass is 262 g/mol. The maximum absolute atomic E-state index is 14.1. The van der Waals surface area contributed by atoms with E-state index in [1.807, 2.05) is 13.8 Å². The largest absolute Gasteiger partial charge is 0.508 e. The number of anilines is 2. The number of nitrogens with zero attached hydrogens (tertiary/aromatic N) is 2. The first-order valence-corrected chi connectivity index (χ1v) is 5.82. The second kappa shape index (κ2) is 4.72. The highest BCUT2D eigenvalue weighted by Gasteiger charge is 2.18. The zero-order valence-corrected chi connectivity index (χ0v) is 10.7. The molecule has 1 heterocycles. The number of halogens is 1. The molecule has 0 saturated carbocycles. The van der Waals surface area contributed by atoms with Crippen molar-refractivity contribution in [2.75, 3.05) is 11.5 Å². The van der Waals surface area contributed by atoms with Gasteiger partial charge >= 0.3 is 0 Å². The standard InChI is InChI=1S/C13H15FN4O/c1-6(2)8-4-3-7(19)5-9(8)11-10(14)12(15)18-13(16)17-11/h3-6,19H,1-2H3,(H4,15,16,17,18). The van der Waals surface area contributed by atoms with Crippen molar-refractivity contribution in [2.24, 2.45) is 0 Å². The lowest BCUT2D eigenvalue weighted by Crippen LogP contribution is -2.06. The van der Waals surface area contributed by atoms with Crippen LogP contribution in [0.25, 0.3) is 11.3 Å². The van der Waals surface area contributed by atoms with E-state index in [2.05, 4.69) is 9.97 Å². The number of phenols is 1. The van der Waals surface area contributed by atoms with Gasteiger partial charge in [0.25, 0.3) is 0 Å². The number of nitrogens with two attached hydrogens (primary N) is 2. The third-order valence-electron chi connectivity index (χ3n) is 2.81. The summed E-state index contributed by atoms with van der Waals surface area (Å²) in [5, 5.41) is 9.58. The van der Waals surface area contributed by atoms with Crippen LogP contribution in [0.5, 0.6) is 5.75 Å². The number of nitrogen functional groups attached to an aromatic ring is 2. The molecule has 1 aromatic carbocycles. The van der Waals surface area contributed by atoms with E-state index in [1.165, 1.54) is 6.07 Å². The molecule has 0 aliphatic rings. The van der Waals surface area contributed by atoms with Crippen molar-refractivity contribution in [3.8, 4) is 17.0 Å². The molecule has 0 saturated heterocycles. The summed E-state index contributed by atoms with van der Waals surface area (Å²) in [5.41, 5.74) is 12.3. The van der Waals surface area contributed by atoms with Gasteiger partial charge < -0.3 is 16.6 Å². The first kappa shape index (κ1) is 13.1. The molecule has 5 nitrogen and oxygen atoms in total. The Morgan fingerprint density at radius 2 is 1.89 bits per heavy atom. The van der Waals surface area contributed by atoms with Crippen LogP contribution in [0, 0.1) is 5.82 Å². The van der Waals surface area contributed by atoms with Crippen molar-refractivity contribution in [3.05, 3.63) is 29.6 Å². The molecular formula is C13H15FN4O. The van der Waals surface area contributed by atoms with Gasteiger partial charge in [0.05, 0.1) is 0 Å². The highest BCUT2D eigenvalue weighted by atomic mass is 19.1. The fourth-order valence-electron chi connectivity index (χ4n) is 1.91. The first-order valence-electron chi connectivity index (χ1n) is 5.82. The smallest absolute Gasteiger partial charge is 0.222 e. The Balaban J connectivity index is 2.74. The van der Waals surface area contributed by atoms with Gasteiger partial charge in [-0.1, -0.05) is 19.9 Å². The van der Waals surface area contributed by atoms with E-state index in [-0.39, 0.29) is 29.1 Å². The minimum absolute atomic E-state index is 0.00426. The van der Waals surface area contributed by atoms with Crippen LogP contribution < -0.4 is 11.5 Å². The van der Waals surface area contributed by atoms with Crippen LogP contribution >= 0.6 is 0 Å². The Kier molecular flexibility index (Phi) is 3.25. The summed E-state index contributed by atoms with van der Waals surface area (Å²) in [5.74, 6) is -0.990. The van der Waals surface area contributed by atoms with Crippen molar-refractivity contribution in [2.45, 2.75) is 19.8 Å².